The van der Waals surface area contributed by atoms with Crippen molar-refractivity contribution in [3.8, 4) is 0 Å². The summed E-state index contributed by atoms with van der Waals surface area (Å²) in [6.45, 7) is 5.74. The van der Waals surface area contributed by atoms with Crippen molar-refractivity contribution < 1.29 is 195 Å². The minimum absolute atomic E-state index is 0.0816. The lowest BCUT2D eigenvalue weighted by molar-refractivity contribution is -0.188. The smallest absolute Gasteiger partial charge is 0.465 e. The monoisotopic (exact) mass is 1680 g/mol. The minimum Gasteiger partial charge on any atom is -0.465 e. The van der Waals surface area contributed by atoms with Crippen LogP contribution < -0.4 is 11.1 Å². The van der Waals surface area contributed by atoms with E-state index in [9.17, 15) is 91.6 Å². The number of phosphoric acid groups is 2. The molecule has 5 unspecified atom stereocenters. The van der Waals surface area contributed by atoms with Crippen molar-refractivity contribution in [2.75, 3.05) is 133 Å². The van der Waals surface area contributed by atoms with Gasteiger partial charge in [0.1, 0.15) is 56.0 Å². The molecule has 4 rings (SSSR count). The maximum absolute atomic E-state index is 14.7. The average molecular weight is 1680 g/mol. The number of phosphoric ester groups is 2. The number of carbonyl (C=O) groups excluding carboxylic acids is 14. The Hall–Kier alpha value is -9.06. The van der Waals surface area contributed by atoms with Crippen molar-refractivity contribution in [3.05, 3.63) is 36.3 Å². The maximum Gasteiger partial charge on any atom is 0.474 e. The number of nitrogens with two attached hydrogens (primary N) is 1. The van der Waals surface area contributed by atoms with E-state index < -0.39 is 249 Å². The third kappa shape index (κ3) is 27.9. The van der Waals surface area contributed by atoms with Gasteiger partial charge in [-0.05, 0) is 62.3 Å². The molecule has 6 N–H and O–H groups in total. The van der Waals surface area contributed by atoms with Crippen LogP contribution >= 0.6 is 15.6 Å². The zero-order chi connectivity index (χ0) is 86.0. The molecule has 49 heteroatoms. The second kappa shape index (κ2) is 47.1. The first kappa shape index (κ1) is 99.1. The predicted molar refractivity (Wildman–Crippen MR) is 369 cm³/mol. The third-order valence-corrected chi connectivity index (χ3v) is 18.2. The number of nitrogens with zero attached hydrogens (tertiary/aromatic N) is 4. The molecule has 0 bridgehead atoms. The number of aliphatic hydroxyl groups is 3. The van der Waals surface area contributed by atoms with Crippen LogP contribution in [0.5, 0.6) is 0 Å². The Morgan fingerprint density at radius 3 is 1.15 bits per heavy atom. The topological polar surface area (TPSA) is 609 Å². The normalized spacial score (nSPS) is 18.4. The van der Waals surface area contributed by atoms with E-state index in [1.165, 1.54) is 73.4 Å². The Balaban J connectivity index is 0.000000592. The van der Waals surface area contributed by atoms with Crippen LogP contribution in [0.1, 0.15) is 113 Å². The molecule has 0 saturated carbocycles. The second-order valence-corrected chi connectivity index (χ2v) is 27.3. The van der Waals surface area contributed by atoms with E-state index in [-0.39, 0.29) is 65.1 Å². The highest BCUT2D eigenvalue weighted by molar-refractivity contribution is 7.48. The van der Waals surface area contributed by atoms with Crippen molar-refractivity contribution in [2.24, 2.45) is 27.4 Å². The summed E-state index contributed by atoms with van der Waals surface area (Å²) in [7, 11) is -10.7. The number of ether oxygens (including phenoxy) is 16. The van der Waals surface area contributed by atoms with Gasteiger partial charge in [0.15, 0.2) is 19.8 Å². The fourth-order valence-electron chi connectivity index (χ4n) is 9.57. The summed E-state index contributed by atoms with van der Waals surface area (Å²) in [5.74, 6) is -15.9. The molecule has 1 aromatic rings. The van der Waals surface area contributed by atoms with Crippen molar-refractivity contribution in [1.82, 2.24) is 25.0 Å². The van der Waals surface area contributed by atoms with Gasteiger partial charge in [0.25, 0.3) is 11.8 Å². The van der Waals surface area contributed by atoms with Gasteiger partial charge < -0.3 is 107 Å². The summed E-state index contributed by atoms with van der Waals surface area (Å²) in [6.07, 6.45) is -7.93. The van der Waals surface area contributed by atoms with Crippen LogP contribution in [0.4, 0.5) is 0 Å². The summed E-state index contributed by atoms with van der Waals surface area (Å²) in [5.41, 5.74) is -5.11. The molecule has 3 aliphatic rings. The lowest BCUT2D eigenvalue weighted by atomic mass is 9.90. The zero-order valence-corrected chi connectivity index (χ0v) is 66.7. The first-order valence-electron chi connectivity index (χ1n) is 34.9. The summed E-state index contributed by atoms with van der Waals surface area (Å²) < 4.78 is 145. The second-order valence-electron chi connectivity index (χ2n) is 23.9. The van der Waals surface area contributed by atoms with Gasteiger partial charge in [0.05, 0.1) is 112 Å². The molecule has 2 saturated heterocycles. The van der Waals surface area contributed by atoms with Gasteiger partial charge in [-0.15, -0.1) is 5.10 Å². The molecule has 644 valence electrons. The SMILES string of the molecule is C=C1NC(=O)C(C)=CN1[C@H]1CC(O)[C@@H](COP(=O)(OCC(COCOC(C)=O)(C(=O)OCC)C(=O)OCC)OCC(COCOC(C)=O)(C(=O)OCC)C(=O)OCC)O1.CCOC(=O)C(COC(C)=O)(COP(=O)(OCC1OC(n2cnc(C(N)=O)n2)C(O)C1O)OCC(COC(C)=O)(C(=O)OCC)C(=O)OCC)C(=O)OCC. The van der Waals surface area contributed by atoms with Crippen LogP contribution in [0.15, 0.2) is 30.5 Å². The number of aliphatic hydroxyl groups excluding tert-OH is 3. The number of amides is 2. The molecule has 3 aliphatic heterocycles. The van der Waals surface area contributed by atoms with Gasteiger partial charge in [-0.2, -0.15) is 0 Å². The van der Waals surface area contributed by atoms with Gasteiger partial charge >= 0.3 is 87.3 Å². The van der Waals surface area contributed by atoms with Gasteiger partial charge in [0, 0.05) is 45.9 Å². The first-order chi connectivity index (χ1) is 53.7. The molecule has 2 amide bonds. The Labute approximate surface area is 652 Å². The summed E-state index contributed by atoms with van der Waals surface area (Å²) in [5, 5.41) is 38.7. The minimum atomic E-state index is -5.42. The van der Waals surface area contributed by atoms with Gasteiger partial charge in [0.2, 0.25) is 27.5 Å². The molecule has 0 aromatic carbocycles. The van der Waals surface area contributed by atoms with Crippen molar-refractivity contribution in [1.29, 1.82) is 0 Å². The van der Waals surface area contributed by atoms with E-state index in [1.54, 1.807) is 0 Å². The van der Waals surface area contributed by atoms with Gasteiger partial charge in [-0.3, -0.25) is 94.3 Å². The van der Waals surface area contributed by atoms with Gasteiger partial charge in [-0.1, -0.05) is 6.58 Å². The summed E-state index contributed by atoms with van der Waals surface area (Å²) in [4.78, 5) is 182. The standard InChI is InChI=1S/C35H53N2O21P.C30H45N4O20P/c1-9-49-30(42)34(31(43)50-10-2,16-47-20-53-24(7)38)18-56-59(46,55-15-27-26(40)13-28(58-27)37-14-22(5)29(41)36-23(37)6)57-19-35(32(44)51-11-3,33(45)52-12-4)17-48-21-54-25(8)39;1-7-45-25(40)29(12-49-17(5)35,26(41)46-8-2)14-52-55(44,53-15-30(13-50-18(6)36,27(42)47-9-3)28(43)48-10-4)51-11-19-20(37)21(38)24(54-19)34-16-32-23(33-34)22(31)39/h14,26-28,40H,6,9-13,15-21H2,1-5,7-8H3,(H,36,41);16,19-21,24,37-38H,7-15H2,1-6H3,(H2,31,39)/t26?,27-,28-;/m1./s1. The number of primary amides is 1. The molecule has 7 atom stereocenters. The largest absolute Gasteiger partial charge is 0.474 e. The lowest BCUT2D eigenvalue weighted by Gasteiger charge is -2.33. The van der Waals surface area contributed by atoms with Crippen LogP contribution in [0.2, 0.25) is 0 Å². The van der Waals surface area contributed by atoms with Crippen molar-refractivity contribution in [3.63, 3.8) is 0 Å². The highest BCUT2D eigenvalue weighted by atomic mass is 31.2. The molecule has 0 spiro atoms. The Kier molecular flexibility index (Phi) is 40.9. The van der Waals surface area contributed by atoms with E-state index in [2.05, 4.69) is 22.0 Å². The Bertz CT molecular complexity index is 3430. The third-order valence-electron chi connectivity index (χ3n) is 15.5. The highest BCUT2D eigenvalue weighted by Crippen LogP contribution is 2.55. The zero-order valence-electron chi connectivity index (χ0n) is 64.9. The molecular formula is C65H98N6O41P2. The lowest BCUT2D eigenvalue weighted by Crippen LogP contribution is -2.50. The maximum atomic E-state index is 14.7. The first-order valence-corrected chi connectivity index (χ1v) is 37.8. The number of nitrogens with one attached hydrogen (secondary N) is 1. The number of aromatic nitrogens is 3. The Morgan fingerprint density at radius 1 is 0.500 bits per heavy atom. The van der Waals surface area contributed by atoms with E-state index in [0.717, 1.165) is 38.7 Å². The van der Waals surface area contributed by atoms with Crippen LogP contribution in [0.3, 0.4) is 0 Å². The van der Waals surface area contributed by atoms with E-state index in [1.807, 2.05) is 0 Å². The fraction of sp³-hybridized carbons (Fsp3) is 0.692. The summed E-state index contributed by atoms with van der Waals surface area (Å²) in [6, 6.07) is 0. The number of esters is 12. The molecule has 0 radical (unpaired) electrons. The van der Waals surface area contributed by atoms with E-state index in [0.29, 0.717) is 5.57 Å². The Morgan fingerprint density at radius 2 is 0.833 bits per heavy atom. The molecule has 114 heavy (non-hydrogen) atoms. The highest BCUT2D eigenvalue weighted by Gasteiger charge is 2.59. The molecule has 2 fully saturated rings. The van der Waals surface area contributed by atoms with E-state index in [4.69, 9.17) is 109 Å². The van der Waals surface area contributed by atoms with Crippen LogP contribution in [-0.4, -0.2) is 288 Å². The molecule has 4 heterocycles. The fourth-order valence-corrected chi connectivity index (χ4v) is 12.2. The number of rotatable bonds is 49. The molecule has 47 nitrogen and oxygen atoms in total. The molecule has 1 aromatic heterocycles. The molecular weight excluding hydrogens is 1580 g/mol. The number of hydrogen-bond donors (Lipinski definition) is 5. The van der Waals surface area contributed by atoms with Crippen LogP contribution in [0.25, 0.3) is 0 Å². The van der Waals surface area contributed by atoms with E-state index >= 15 is 0 Å². The summed E-state index contributed by atoms with van der Waals surface area (Å²) >= 11 is 0. The number of hydrogen-bond acceptors (Lipinski definition) is 44. The van der Waals surface area contributed by atoms with Crippen molar-refractivity contribution in [2.45, 2.75) is 139 Å². The average Bonchev–Trinajstić information content (AvgIpc) is 1.19. The predicted octanol–water partition coefficient (Wildman–Crippen LogP) is -0.768. The van der Waals surface area contributed by atoms with Gasteiger partial charge in [-0.25, -0.2) is 18.8 Å². The number of carbonyl (C=O) groups is 14. The molecule has 0 aliphatic carbocycles. The van der Waals surface area contributed by atoms with Crippen LogP contribution in [-0.2, 0) is 174 Å². The van der Waals surface area contributed by atoms with Crippen LogP contribution in [0, 0.1) is 21.7 Å². The van der Waals surface area contributed by atoms with Crippen molar-refractivity contribution >= 4 is 99.1 Å². The quantitative estimate of drug-likeness (QED) is 0.0134.